The molecule has 0 radical (unpaired) electrons. The van der Waals surface area contributed by atoms with Gasteiger partial charge < -0.3 is 16.0 Å². The monoisotopic (exact) mass is 463 g/mol. The van der Waals surface area contributed by atoms with Gasteiger partial charge in [0.05, 0.1) is 11.4 Å². The molecule has 4 rings (SSSR count). The van der Waals surface area contributed by atoms with Crippen molar-refractivity contribution in [2.45, 2.75) is 50.5 Å². The van der Waals surface area contributed by atoms with E-state index in [1.807, 2.05) is 30.3 Å². The molecule has 1 saturated heterocycles. The third-order valence-corrected chi connectivity index (χ3v) is 6.80. The molecular weight excluding hydrogens is 434 g/mol. The molecule has 1 spiro atoms. The van der Waals surface area contributed by atoms with E-state index in [0.717, 1.165) is 29.8 Å². The lowest BCUT2D eigenvalue weighted by Crippen LogP contribution is -2.49. The highest BCUT2D eigenvalue weighted by molar-refractivity contribution is 6.08. The number of nitrogen functional groups attached to an aromatic ring is 1. The highest BCUT2D eigenvalue weighted by Gasteiger charge is 2.55. The summed E-state index contributed by atoms with van der Waals surface area (Å²) in [5.74, 6) is -0.382. The van der Waals surface area contributed by atoms with Crippen molar-refractivity contribution < 1.29 is 14.4 Å². The van der Waals surface area contributed by atoms with Crippen LogP contribution >= 0.6 is 0 Å². The fourth-order valence-electron chi connectivity index (χ4n) is 4.90. The van der Waals surface area contributed by atoms with Crippen LogP contribution in [0.4, 0.5) is 10.6 Å². The number of nitrogens with zero attached hydrogens (tertiary/aromatic N) is 5. The Morgan fingerprint density at radius 3 is 2.59 bits per heavy atom. The van der Waals surface area contributed by atoms with Gasteiger partial charge in [-0.3, -0.25) is 14.5 Å². The minimum absolute atomic E-state index is 0.268. The van der Waals surface area contributed by atoms with Crippen LogP contribution in [0, 0.1) is 11.3 Å². The van der Waals surface area contributed by atoms with Crippen LogP contribution in [-0.4, -0.2) is 63.1 Å². The molecule has 0 unspecified atom stereocenters. The van der Waals surface area contributed by atoms with Crippen LogP contribution in [-0.2, 0) is 16.0 Å². The number of aromatic nitrogens is 2. The number of urea groups is 1. The number of nitrogens with two attached hydrogens (primary N) is 1. The lowest BCUT2D eigenvalue weighted by Gasteiger charge is -2.35. The number of hydrogen-bond acceptors (Lipinski definition) is 6. The number of carbonyl (C=O) groups is 3. The third kappa shape index (κ3) is 4.09. The Labute approximate surface area is 198 Å². The Hall–Kier alpha value is -3.87. The van der Waals surface area contributed by atoms with Crippen molar-refractivity contribution in [2.75, 3.05) is 25.9 Å². The first kappa shape index (κ1) is 23.3. The van der Waals surface area contributed by atoms with Gasteiger partial charge in [0.15, 0.2) is 0 Å². The summed E-state index contributed by atoms with van der Waals surface area (Å²) in [7, 11) is 1.65. The summed E-state index contributed by atoms with van der Waals surface area (Å²) < 4.78 is 1.54. The normalized spacial score (nSPS) is 17.3. The molecule has 178 valence electrons. The minimum atomic E-state index is -0.791. The molecule has 1 aromatic heterocycles. The van der Waals surface area contributed by atoms with Gasteiger partial charge in [0.1, 0.15) is 29.5 Å². The minimum Gasteiger partial charge on any atom is -0.382 e. The lowest BCUT2D eigenvalue weighted by molar-refractivity contribution is -0.137. The van der Waals surface area contributed by atoms with Crippen LogP contribution in [0.1, 0.15) is 49.8 Å². The van der Waals surface area contributed by atoms with Gasteiger partial charge >= 0.3 is 6.03 Å². The van der Waals surface area contributed by atoms with Gasteiger partial charge in [0, 0.05) is 13.6 Å². The summed E-state index contributed by atoms with van der Waals surface area (Å²) in [6.45, 7) is 0.0296. The Bertz CT molecular complexity index is 1130. The second kappa shape index (κ2) is 9.55. The standard InChI is InChI=1S/C24H29N7O3/c1-29-23(34)30(22(33)24(29)12-6-3-7-13-24)16-20(32)27-14-8-11-19-18(15-25)21(26)31(28-19)17-9-4-2-5-10-17/h2,4-5,9-10H,3,6-8,11-14,16,26H2,1H3,(H,27,32). The molecule has 1 saturated carbocycles. The van der Waals surface area contributed by atoms with Crippen molar-refractivity contribution in [1.82, 2.24) is 24.9 Å². The number of nitriles is 1. The predicted molar refractivity (Wildman–Crippen MR) is 125 cm³/mol. The zero-order valence-electron chi connectivity index (χ0n) is 19.3. The van der Waals surface area contributed by atoms with Gasteiger partial charge in [0.25, 0.3) is 5.91 Å². The van der Waals surface area contributed by atoms with Gasteiger partial charge in [-0.1, -0.05) is 37.5 Å². The Balaban J connectivity index is 1.32. The highest BCUT2D eigenvalue weighted by Crippen LogP contribution is 2.39. The van der Waals surface area contributed by atoms with Crippen molar-refractivity contribution in [2.24, 2.45) is 0 Å². The van der Waals surface area contributed by atoms with Crippen molar-refractivity contribution >= 4 is 23.7 Å². The summed E-state index contributed by atoms with van der Waals surface area (Å²) in [6, 6.07) is 11.0. The molecule has 2 fully saturated rings. The molecule has 2 aliphatic rings. The average Bonchev–Trinajstić information content (AvgIpc) is 3.26. The number of anilines is 1. The second-order valence-electron chi connectivity index (χ2n) is 8.84. The summed E-state index contributed by atoms with van der Waals surface area (Å²) in [5.41, 5.74) is 6.97. The van der Waals surface area contributed by atoms with E-state index in [1.54, 1.807) is 7.05 Å². The van der Waals surface area contributed by atoms with Gasteiger partial charge in [-0.15, -0.1) is 0 Å². The van der Waals surface area contributed by atoms with Gasteiger partial charge in [-0.05, 0) is 37.8 Å². The van der Waals surface area contributed by atoms with Crippen LogP contribution in [0.25, 0.3) is 5.69 Å². The predicted octanol–water partition coefficient (Wildman–Crippen LogP) is 1.97. The number of benzene rings is 1. The van der Waals surface area contributed by atoms with Crippen LogP contribution in [0.2, 0.25) is 0 Å². The first-order valence-electron chi connectivity index (χ1n) is 11.6. The summed E-state index contributed by atoms with van der Waals surface area (Å²) in [5, 5.41) is 16.8. The molecule has 1 aromatic carbocycles. The molecular formula is C24H29N7O3. The van der Waals surface area contributed by atoms with Gasteiger partial charge in [-0.2, -0.15) is 10.4 Å². The number of amides is 4. The van der Waals surface area contributed by atoms with Crippen molar-refractivity contribution in [3.8, 4) is 11.8 Å². The number of likely N-dealkylation sites (N-methyl/N-ethyl adjacent to an activating group) is 1. The molecule has 1 aliphatic carbocycles. The van der Waals surface area contributed by atoms with E-state index in [2.05, 4.69) is 16.5 Å². The number of rotatable bonds is 7. The fraction of sp³-hybridized carbons (Fsp3) is 0.458. The smallest absolute Gasteiger partial charge is 0.327 e. The fourth-order valence-corrected chi connectivity index (χ4v) is 4.90. The van der Waals surface area contributed by atoms with Crippen molar-refractivity contribution in [3.63, 3.8) is 0 Å². The summed E-state index contributed by atoms with van der Waals surface area (Å²) in [6.07, 6.45) is 5.12. The molecule has 3 N–H and O–H groups in total. The maximum atomic E-state index is 13.0. The van der Waals surface area contributed by atoms with E-state index < -0.39 is 17.5 Å². The van der Waals surface area contributed by atoms with Crippen LogP contribution in [0.5, 0.6) is 0 Å². The average molecular weight is 464 g/mol. The van der Waals surface area contributed by atoms with Crippen LogP contribution in [0.3, 0.4) is 0 Å². The first-order valence-corrected chi connectivity index (χ1v) is 11.6. The lowest BCUT2D eigenvalue weighted by atomic mass is 9.81. The Morgan fingerprint density at radius 2 is 1.91 bits per heavy atom. The summed E-state index contributed by atoms with van der Waals surface area (Å²) in [4.78, 5) is 40.7. The third-order valence-electron chi connectivity index (χ3n) is 6.80. The summed E-state index contributed by atoms with van der Waals surface area (Å²) >= 11 is 0. The van der Waals surface area contributed by atoms with E-state index in [-0.39, 0.29) is 18.3 Å². The van der Waals surface area contributed by atoms with Gasteiger partial charge in [-0.25, -0.2) is 9.48 Å². The molecule has 2 aromatic rings. The van der Waals surface area contributed by atoms with E-state index in [1.165, 1.54) is 9.58 Å². The quantitative estimate of drug-likeness (QED) is 0.476. The van der Waals surface area contributed by atoms with E-state index in [0.29, 0.717) is 43.5 Å². The zero-order valence-corrected chi connectivity index (χ0v) is 19.3. The van der Waals surface area contributed by atoms with Crippen molar-refractivity contribution in [1.29, 1.82) is 5.26 Å². The van der Waals surface area contributed by atoms with E-state index in [9.17, 15) is 19.6 Å². The Kier molecular flexibility index (Phi) is 6.54. The number of imide groups is 1. The molecule has 10 nitrogen and oxygen atoms in total. The number of para-hydroxylation sites is 1. The van der Waals surface area contributed by atoms with E-state index in [4.69, 9.17) is 5.73 Å². The number of hydrogen-bond donors (Lipinski definition) is 2. The van der Waals surface area contributed by atoms with E-state index >= 15 is 0 Å². The van der Waals surface area contributed by atoms with Gasteiger partial charge in [0.2, 0.25) is 5.91 Å². The number of carbonyl (C=O) groups excluding carboxylic acids is 3. The molecule has 0 bridgehead atoms. The molecule has 4 amide bonds. The largest absolute Gasteiger partial charge is 0.382 e. The number of aryl methyl sites for hydroxylation is 1. The Morgan fingerprint density at radius 1 is 1.21 bits per heavy atom. The first-order chi connectivity index (χ1) is 16.4. The molecule has 2 heterocycles. The topological polar surface area (TPSA) is 137 Å². The highest BCUT2D eigenvalue weighted by atomic mass is 16.2. The molecule has 1 aliphatic heterocycles. The molecule has 34 heavy (non-hydrogen) atoms. The maximum absolute atomic E-state index is 13.0. The van der Waals surface area contributed by atoms with Crippen LogP contribution < -0.4 is 11.1 Å². The maximum Gasteiger partial charge on any atom is 0.327 e. The molecule has 10 heteroatoms. The van der Waals surface area contributed by atoms with Crippen molar-refractivity contribution in [3.05, 3.63) is 41.6 Å². The zero-order chi connectivity index (χ0) is 24.3. The van der Waals surface area contributed by atoms with Crippen LogP contribution in [0.15, 0.2) is 30.3 Å². The second-order valence-corrected chi connectivity index (χ2v) is 8.84. The number of nitrogens with one attached hydrogen (secondary N) is 1. The molecule has 0 atom stereocenters. The SMILES string of the molecule is CN1C(=O)N(CC(=O)NCCCc2nn(-c3ccccc3)c(N)c2C#N)C(=O)C12CCCCC2.